The standard InChI is InChI=1S/C27H24F3N7O2/c1-39-22-10-20-16(12-34-37-20)9-21(22)36-25-23-18-8-15(5-6-19(18)35-24(23)32-13-33-25)26(38)31-11-14-3-2-4-17(7-14)27(28,29)30/h2-4,7,9-10,12-13,15H,5-6,8,11H2,1H3,(H,31,38)(H,34,37)(H2,32,33,35,36). The van der Waals surface area contributed by atoms with Gasteiger partial charge in [0.2, 0.25) is 5.91 Å². The number of carbonyl (C=O) groups excluding carboxylic acids is 1. The van der Waals surface area contributed by atoms with Crippen molar-refractivity contribution >= 4 is 39.3 Å². The van der Waals surface area contributed by atoms with Gasteiger partial charge in [0.1, 0.15) is 23.5 Å². The number of hydrogen-bond donors (Lipinski definition) is 4. The average molecular weight is 536 g/mol. The molecule has 0 saturated heterocycles. The largest absolute Gasteiger partial charge is 0.494 e. The number of fused-ring (bicyclic) bond motifs is 4. The molecule has 1 aliphatic carbocycles. The van der Waals surface area contributed by atoms with Crippen molar-refractivity contribution in [2.75, 3.05) is 12.4 Å². The zero-order valence-electron chi connectivity index (χ0n) is 20.8. The lowest BCUT2D eigenvalue weighted by atomic mass is 9.86. The van der Waals surface area contributed by atoms with Crippen LogP contribution in [0.15, 0.2) is 48.9 Å². The average Bonchev–Trinajstić information content (AvgIpc) is 3.54. The second-order valence-electron chi connectivity index (χ2n) is 9.52. The van der Waals surface area contributed by atoms with E-state index in [0.29, 0.717) is 47.7 Å². The number of aromatic nitrogens is 5. The number of methoxy groups -OCH3 is 1. The van der Waals surface area contributed by atoms with Crippen molar-refractivity contribution < 1.29 is 22.7 Å². The molecule has 0 radical (unpaired) electrons. The summed E-state index contributed by atoms with van der Waals surface area (Å²) < 4.78 is 44.7. The van der Waals surface area contributed by atoms with Gasteiger partial charge >= 0.3 is 6.18 Å². The van der Waals surface area contributed by atoms with Gasteiger partial charge in [0, 0.05) is 29.6 Å². The second kappa shape index (κ2) is 9.61. The first-order valence-electron chi connectivity index (χ1n) is 12.4. The molecular weight excluding hydrogens is 511 g/mol. The number of halogens is 3. The Morgan fingerprint density at radius 1 is 1.21 bits per heavy atom. The number of nitrogens with one attached hydrogen (secondary N) is 4. The number of aryl methyl sites for hydroxylation is 1. The Morgan fingerprint density at radius 2 is 2.08 bits per heavy atom. The lowest BCUT2D eigenvalue weighted by Crippen LogP contribution is -2.33. The van der Waals surface area contributed by atoms with E-state index in [-0.39, 0.29) is 18.4 Å². The molecule has 5 aromatic rings. The van der Waals surface area contributed by atoms with E-state index in [1.54, 1.807) is 19.4 Å². The third kappa shape index (κ3) is 4.73. The number of alkyl halides is 3. The van der Waals surface area contributed by atoms with E-state index < -0.39 is 11.7 Å². The first kappa shape index (κ1) is 24.7. The maximum Gasteiger partial charge on any atom is 0.416 e. The highest BCUT2D eigenvalue weighted by Crippen LogP contribution is 2.38. The SMILES string of the molecule is COc1cc2[nH]ncc2cc1Nc1ncnc2[nH]c3c(c12)CC(C(=O)NCc1cccc(C(F)(F)F)c1)CC3. The quantitative estimate of drug-likeness (QED) is 0.242. The zero-order chi connectivity index (χ0) is 27.1. The molecule has 4 N–H and O–H groups in total. The molecule has 9 nitrogen and oxygen atoms in total. The normalized spacial score (nSPS) is 15.3. The van der Waals surface area contributed by atoms with Crippen molar-refractivity contribution in [1.29, 1.82) is 0 Å². The maximum atomic E-state index is 13.1. The van der Waals surface area contributed by atoms with Crippen LogP contribution in [0.25, 0.3) is 21.9 Å². The van der Waals surface area contributed by atoms with Crippen molar-refractivity contribution in [2.24, 2.45) is 5.92 Å². The molecule has 1 aliphatic rings. The van der Waals surface area contributed by atoms with Crippen molar-refractivity contribution in [3.8, 4) is 5.75 Å². The predicted molar refractivity (Wildman–Crippen MR) is 139 cm³/mol. The van der Waals surface area contributed by atoms with E-state index >= 15 is 0 Å². The van der Waals surface area contributed by atoms with Gasteiger partial charge in [-0.05, 0) is 48.6 Å². The summed E-state index contributed by atoms with van der Waals surface area (Å²) in [7, 11) is 1.58. The summed E-state index contributed by atoms with van der Waals surface area (Å²) in [5.41, 5.74) is 3.79. The fourth-order valence-electron chi connectivity index (χ4n) is 5.12. The minimum absolute atomic E-state index is 0.0200. The van der Waals surface area contributed by atoms with E-state index in [9.17, 15) is 18.0 Å². The van der Waals surface area contributed by atoms with Crippen LogP contribution in [0.3, 0.4) is 0 Å². The van der Waals surface area contributed by atoms with Crippen LogP contribution in [0, 0.1) is 5.92 Å². The van der Waals surface area contributed by atoms with Crippen molar-refractivity contribution in [1.82, 2.24) is 30.5 Å². The smallest absolute Gasteiger partial charge is 0.416 e. The molecule has 1 unspecified atom stereocenters. The fourth-order valence-corrected chi connectivity index (χ4v) is 5.12. The lowest BCUT2D eigenvalue weighted by molar-refractivity contribution is -0.137. The molecule has 1 atom stereocenters. The minimum atomic E-state index is -4.43. The number of amides is 1. The summed E-state index contributed by atoms with van der Waals surface area (Å²) in [6.07, 6.45) is 0.443. The van der Waals surface area contributed by atoms with Gasteiger partial charge in [-0.3, -0.25) is 9.89 Å². The number of H-pyrrole nitrogens is 2. The van der Waals surface area contributed by atoms with Crippen LogP contribution in [0.2, 0.25) is 0 Å². The second-order valence-corrected chi connectivity index (χ2v) is 9.52. The van der Waals surface area contributed by atoms with Crippen LogP contribution in [0.1, 0.15) is 28.8 Å². The van der Waals surface area contributed by atoms with E-state index in [1.807, 2.05) is 12.1 Å². The fraction of sp³-hybridized carbons (Fsp3) is 0.259. The molecule has 0 spiro atoms. The van der Waals surface area contributed by atoms with Crippen LogP contribution in [0.4, 0.5) is 24.7 Å². The summed E-state index contributed by atoms with van der Waals surface area (Å²) >= 11 is 0. The maximum absolute atomic E-state index is 13.1. The highest BCUT2D eigenvalue weighted by atomic mass is 19.4. The Kier molecular flexibility index (Phi) is 6.09. The molecule has 2 aromatic carbocycles. The number of ether oxygens (including phenoxy) is 1. The van der Waals surface area contributed by atoms with Crippen molar-refractivity contribution in [3.63, 3.8) is 0 Å². The number of benzene rings is 2. The van der Waals surface area contributed by atoms with Gasteiger partial charge in [-0.15, -0.1) is 0 Å². The topological polar surface area (TPSA) is 121 Å². The van der Waals surface area contributed by atoms with Gasteiger partial charge < -0.3 is 20.4 Å². The van der Waals surface area contributed by atoms with Crippen LogP contribution < -0.4 is 15.4 Å². The zero-order valence-corrected chi connectivity index (χ0v) is 20.8. The van der Waals surface area contributed by atoms with Gasteiger partial charge in [0.25, 0.3) is 0 Å². The molecule has 3 heterocycles. The molecule has 200 valence electrons. The monoisotopic (exact) mass is 535 g/mol. The van der Waals surface area contributed by atoms with Crippen molar-refractivity contribution in [3.05, 3.63) is 71.3 Å². The van der Waals surface area contributed by atoms with Crippen LogP contribution >= 0.6 is 0 Å². The van der Waals surface area contributed by atoms with Crippen molar-refractivity contribution in [2.45, 2.75) is 32.0 Å². The molecular formula is C27H24F3N7O2. The van der Waals surface area contributed by atoms with Crippen LogP contribution in [-0.4, -0.2) is 38.2 Å². The number of aromatic amines is 2. The summed E-state index contributed by atoms with van der Waals surface area (Å²) in [6, 6.07) is 8.75. The van der Waals surface area contributed by atoms with E-state index in [0.717, 1.165) is 39.7 Å². The lowest BCUT2D eigenvalue weighted by Gasteiger charge is -2.22. The number of hydrogen-bond acceptors (Lipinski definition) is 6. The Bertz CT molecular complexity index is 1690. The molecule has 6 rings (SSSR count). The molecule has 39 heavy (non-hydrogen) atoms. The van der Waals surface area contributed by atoms with Gasteiger partial charge in [-0.25, -0.2) is 9.97 Å². The first-order valence-corrected chi connectivity index (χ1v) is 12.4. The highest BCUT2D eigenvalue weighted by Gasteiger charge is 2.31. The summed E-state index contributed by atoms with van der Waals surface area (Å²) in [5, 5.41) is 14.9. The summed E-state index contributed by atoms with van der Waals surface area (Å²) in [4.78, 5) is 25.3. The number of carbonyl (C=O) groups is 1. The highest BCUT2D eigenvalue weighted by molar-refractivity contribution is 5.96. The molecule has 0 saturated carbocycles. The summed E-state index contributed by atoms with van der Waals surface area (Å²) in [5.74, 6) is 0.636. The number of anilines is 2. The van der Waals surface area contributed by atoms with E-state index in [1.165, 1.54) is 12.4 Å². The first-order chi connectivity index (χ1) is 18.8. The third-order valence-corrected chi connectivity index (χ3v) is 7.08. The van der Waals surface area contributed by atoms with E-state index in [2.05, 4.69) is 35.8 Å². The van der Waals surface area contributed by atoms with Crippen LogP contribution in [0.5, 0.6) is 5.75 Å². The Balaban J connectivity index is 1.24. The van der Waals surface area contributed by atoms with Gasteiger partial charge in [0.15, 0.2) is 0 Å². The molecule has 0 fully saturated rings. The molecule has 3 aromatic heterocycles. The van der Waals surface area contributed by atoms with Gasteiger partial charge in [-0.2, -0.15) is 18.3 Å². The number of rotatable bonds is 6. The molecule has 0 aliphatic heterocycles. The molecule has 0 bridgehead atoms. The Morgan fingerprint density at radius 3 is 2.90 bits per heavy atom. The van der Waals surface area contributed by atoms with E-state index in [4.69, 9.17) is 4.74 Å². The molecule has 1 amide bonds. The third-order valence-electron chi connectivity index (χ3n) is 7.08. The summed E-state index contributed by atoms with van der Waals surface area (Å²) in [6.45, 7) is 0.0200. The van der Waals surface area contributed by atoms with Gasteiger partial charge in [0.05, 0.1) is 35.5 Å². The predicted octanol–water partition coefficient (Wildman–Crippen LogP) is 5.03. The number of nitrogens with zero attached hydrogens (tertiary/aromatic N) is 3. The Labute approximate surface area is 220 Å². The van der Waals surface area contributed by atoms with Crippen LogP contribution in [-0.2, 0) is 30.4 Å². The van der Waals surface area contributed by atoms with Gasteiger partial charge in [-0.1, -0.05) is 12.1 Å². The molecule has 12 heteroatoms. The Hall–Kier alpha value is -4.61. The minimum Gasteiger partial charge on any atom is -0.494 e.